The molecular weight excluding hydrogens is 382 g/mol. The number of allylic oxidation sites excluding steroid dienone is 2. The van der Waals surface area contributed by atoms with Gasteiger partial charge < -0.3 is 15.5 Å². The van der Waals surface area contributed by atoms with Crippen LogP contribution < -0.4 is 15.5 Å². The molecule has 2 N–H and O–H groups in total. The molecule has 0 saturated heterocycles. The number of hydrogen-bond donors (Lipinski definition) is 1. The first kappa shape index (κ1) is 22.2. The molecular formula is C26H41N5. The highest BCUT2D eigenvalue weighted by Crippen LogP contribution is 2.65. The van der Waals surface area contributed by atoms with Crippen molar-refractivity contribution in [1.29, 1.82) is 0 Å². The van der Waals surface area contributed by atoms with Crippen LogP contribution in [0.5, 0.6) is 0 Å². The van der Waals surface area contributed by atoms with E-state index in [1.807, 2.05) is 0 Å². The third-order valence-corrected chi connectivity index (χ3v) is 9.33. The van der Waals surface area contributed by atoms with E-state index >= 15 is 0 Å². The zero-order valence-corrected chi connectivity index (χ0v) is 20.2. The predicted octanol–water partition coefficient (Wildman–Crippen LogP) is 5.80. The Bertz CT molecular complexity index is 877. The molecule has 0 aromatic carbocycles. The molecule has 1 aliphatic heterocycles. The summed E-state index contributed by atoms with van der Waals surface area (Å²) in [6, 6.07) is 0. The van der Waals surface area contributed by atoms with E-state index in [2.05, 4.69) is 67.2 Å². The van der Waals surface area contributed by atoms with Crippen molar-refractivity contribution in [3.8, 4) is 0 Å². The van der Waals surface area contributed by atoms with E-state index in [0.29, 0.717) is 22.6 Å². The SMILES string of the molecule is C=C1CCC2(C)C(C)CCCC2(C)C1CCC(C)=CCN1CN(C)c2ncnc(N)c21. The van der Waals surface area contributed by atoms with Gasteiger partial charge in [0.1, 0.15) is 12.0 Å². The van der Waals surface area contributed by atoms with E-state index in [-0.39, 0.29) is 0 Å². The molecule has 2 fully saturated rings. The molecule has 5 heteroatoms. The van der Waals surface area contributed by atoms with Gasteiger partial charge in [-0.2, -0.15) is 0 Å². The van der Waals surface area contributed by atoms with Gasteiger partial charge in [-0.25, -0.2) is 9.97 Å². The Morgan fingerprint density at radius 3 is 2.84 bits per heavy atom. The minimum atomic E-state index is 0.392. The highest BCUT2D eigenvalue weighted by atomic mass is 15.4. The molecule has 170 valence electrons. The van der Waals surface area contributed by atoms with Crippen LogP contribution in [-0.2, 0) is 0 Å². The van der Waals surface area contributed by atoms with Crippen molar-refractivity contribution < 1.29 is 0 Å². The Morgan fingerprint density at radius 2 is 2.06 bits per heavy atom. The number of fused-ring (bicyclic) bond motifs is 2. The molecule has 4 atom stereocenters. The summed E-state index contributed by atoms with van der Waals surface area (Å²) in [4.78, 5) is 13.0. The number of aromatic nitrogens is 2. The van der Waals surface area contributed by atoms with Crippen molar-refractivity contribution in [2.45, 2.75) is 72.6 Å². The Kier molecular flexibility index (Phi) is 5.82. The second-order valence-corrected chi connectivity index (χ2v) is 10.9. The Labute approximate surface area is 188 Å². The van der Waals surface area contributed by atoms with Gasteiger partial charge in [-0.1, -0.05) is 57.4 Å². The van der Waals surface area contributed by atoms with Crippen LogP contribution in [0.3, 0.4) is 0 Å². The number of rotatable bonds is 5. The van der Waals surface area contributed by atoms with Crippen LogP contribution in [0, 0.1) is 22.7 Å². The summed E-state index contributed by atoms with van der Waals surface area (Å²) in [5, 5.41) is 0. The van der Waals surface area contributed by atoms with Crippen LogP contribution in [0.4, 0.5) is 17.3 Å². The normalized spacial score (nSPS) is 33.5. The van der Waals surface area contributed by atoms with Gasteiger partial charge in [0.05, 0.1) is 6.67 Å². The third-order valence-electron chi connectivity index (χ3n) is 9.33. The molecule has 31 heavy (non-hydrogen) atoms. The molecule has 4 unspecified atom stereocenters. The fourth-order valence-corrected chi connectivity index (χ4v) is 6.86. The summed E-state index contributed by atoms with van der Waals surface area (Å²) in [5.41, 5.74) is 10.9. The summed E-state index contributed by atoms with van der Waals surface area (Å²) in [7, 11) is 2.05. The molecule has 2 aliphatic carbocycles. The molecule has 0 spiro atoms. The molecule has 0 bridgehead atoms. The fraction of sp³-hybridized carbons (Fsp3) is 0.692. The van der Waals surface area contributed by atoms with Crippen LogP contribution in [0.25, 0.3) is 0 Å². The van der Waals surface area contributed by atoms with Crippen molar-refractivity contribution in [3.63, 3.8) is 0 Å². The minimum Gasteiger partial charge on any atom is -0.382 e. The summed E-state index contributed by atoms with van der Waals surface area (Å²) >= 11 is 0. The van der Waals surface area contributed by atoms with Crippen LogP contribution in [0.1, 0.15) is 72.6 Å². The highest BCUT2D eigenvalue weighted by Gasteiger charge is 2.55. The van der Waals surface area contributed by atoms with Gasteiger partial charge >= 0.3 is 0 Å². The Morgan fingerprint density at radius 1 is 1.29 bits per heavy atom. The maximum atomic E-state index is 6.15. The van der Waals surface area contributed by atoms with E-state index in [1.165, 1.54) is 49.7 Å². The first-order chi connectivity index (χ1) is 14.7. The maximum absolute atomic E-state index is 6.15. The van der Waals surface area contributed by atoms with Crippen molar-refractivity contribution in [1.82, 2.24) is 9.97 Å². The van der Waals surface area contributed by atoms with Gasteiger partial charge in [-0.15, -0.1) is 0 Å². The summed E-state index contributed by atoms with van der Waals surface area (Å²) in [6.07, 6.45) is 12.9. The molecule has 4 rings (SSSR count). The average molecular weight is 424 g/mol. The van der Waals surface area contributed by atoms with Gasteiger partial charge in [-0.3, -0.25) is 0 Å². The standard InChI is InChI=1S/C26H41N5/c1-18(12-15-31-17-30(6)24-22(31)23(27)28-16-29-24)9-10-21-19(2)11-14-25(4)20(3)8-7-13-26(21,25)5/h12,16,20-21H,2,7-11,13-15,17H2,1,3-6H3,(H2,27,28,29). The number of nitrogen functional groups attached to an aromatic ring is 1. The van der Waals surface area contributed by atoms with Crippen molar-refractivity contribution >= 4 is 17.3 Å². The molecule has 0 amide bonds. The summed E-state index contributed by atoms with van der Waals surface area (Å²) in [5.74, 6) is 2.95. The fourth-order valence-electron chi connectivity index (χ4n) is 6.86. The van der Waals surface area contributed by atoms with Gasteiger partial charge in [-0.05, 0) is 61.7 Å². The van der Waals surface area contributed by atoms with E-state index in [0.717, 1.165) is 37.1 Å². The molecule has 2 saturated carbocycles. The van der Waals surface area contributed by atoms with Crippen LogP contribution >= 0.6 is 0 Å². The van der Waals surface area contributed by atoms with Crippen LogP contribution in [0.2, 0.25) is 0 Å². The summed E-state index contributed by atoms with van der Waals surface area (Å²) in [6.45, 7) is 16.1. The van der Waals surface area contributed by atoms with Gasteiger partial charge in [0.25, 0.3) is 0 Å². The molecule has 0 radical (unpaired) electrons. The molecule has 2 heterocycles. The topological polar surface area (TPSA) is 58.3 Å². The zero-order valence-electron chi connectivity index (χ0n) is 20.2. The smallest absolute Gasteiger partial charge is 0.159 e. The van der Waals surface area contributed by atoms with Crippen molar-refractivity contribution in [3.05, 3.63) is 30.1 Å². The Hall–Kier alpha value is -2.04. The Balaban J connectivity index is 1.43. The van der Waals surface area contributed by atoms with Crippen LogP contribution in [0.15, 0.2) is 30.1 Å². The molecule has 3 aliphatic rings. The number of nitrogens with two attached hydrogens (primary N) is 1. The van der Waals surface area contributed by atoms with E-state index in [9.17, 15) is 0 Å². The average Bonchev–Trinajstić information content (AvgIpc) is 3.05. The molecule has 5 nitrogen and oxygen atoms in total. The first-order valence-electron chi connectivity index (χ1n) is 12.1. The predicted molar refractivity (Wildman–Crippen MR) is 131 cm³/mol. The van der Waals surface area contributed by atoms with Gasteiger partial charge in [0, 0.05) is 13.6 Å². The summed E-state index contributed by atoms with van der Waals surface area (Å²) < 4.78 is 0. The lowest BCUT2D eigenvalue weighted by Gasteiger charge is -2.61. The lowest BCUT2D eigenvalue weighted by Crippen LogP contribution is -2.52. The van der Waals surface area contributed by atoms with E-state index < -0.39 is 0 Å². The van der Waals surface area contributed by atoms with Crippen LogP contribution in [-0.4, -0.2) is 30.2 Å². The van der Waals surface area contributed by atoms with Crippen molar-refractivity contribution in [2.24, 2.45) is 22.7 Å². The first-order valence-corrected chi connectivity index (χ1v) is 12.1. The minimum absolute atomic E-state index is 0.392. The highest BCUT2D eigenvalue weighted by molar-refractivity contribution is 5.81. The van der Waals surface area contributed by atoms with E-state index in [4.69, 9.17) is 5.73 Å². The molecule has 1 aromatic rings. The van der Waals surface area contributed by atoms with Crippen molar-refractivity contribution in [2.75, 3.05) is 35.8 Å². The van der Waals surface area contributed by atoms with Gasteiger partial charge in [0.2, 0.25) is 0 Å². The number of hydrogen-bond acceptors (Lipinski definition) is 5. The third kappa shape index (κ3) is 3.64. The number of anilines is 3. The lowest BCUT2D eigenvalue weighted by atomic mass is 9.43. The quantitative estimate of drug-likeness (QED) is 0.607. The molecule has 1 aromatic heterocycles. The largest absolute Gasteiger partial charge is 0.382 e. The maximum Gasteiger partial charge on any atom is 0.159 e. The second kappa shape index (κ2) is 8.14. The lowest BCUT2D eigenvalue weighted by molar-refractivity contribution is -0.0896. The number of nitrogens with zero attached hydrogens (tertiary/aromatic N) is 4. The second-order valence-electron chi connectivity index (χ2n) is 10.9. The van der Waals surface area contributed by atoms with Gasteiger partial charge in [0.15, 0.2) is 11.6 Å². The van der Waals surface area contributed by atoms with E-state index in [1.54, 1.807) is 6.33 Å². The zero-order chi connectivity index (χ0) is 22.4. The monoisotopic (exact) mass is 423 g/mol.